The van der Waals surface area contributed by atoms with Crippen LogP contribution >= 0.6 is 39.9 Å². The van der Waals surface area contributed by atoms with Crippen molar-refractivity contribution in [3.05, 3.63) is 35.2 Å². The molecular formula is C7H8Cl3OP. The molecule has 0 aliphatic heterocycles. The highest BCUT2D eigenvalue weighted by Crippen LogP contribution is 2.65. The average Bonchev–Trinajstić information content (AvgIpc) is 1.85. The van der Waals surface area contributed by atoms with Gasteiger partial charge in [-0.3, -0.25) is 4.57 Å². The van der Waals surface area contributed by atoms with E-state index in [-0.39, 0.29) is 10.3 Å². The second-order valence-electron chi connectivity index (χ2n) is 2.15. The molecule has 0 unspecified atom stereocenters. The van der Waals surface area contributed by atoms with Crippen molar-refractivity contribution >= 4 is 39.9 Å². The van der Waals surface area contributed by atoms with E-state index in [4.69, 9.17) is 34.1 Å². The molecule has 0 heterocycles. The fraction of sp³-hybridized carbons (Fsp3) is 0.143. The third-order valence-electron chi connectivity index (χ3n) is 1.07. The van der Waals surface area contributed by atoms with E-state index in [1.807, 2.05) is 0 Å². The second-order valence-corrected chi connectivity index (χ2v) is 7.31. The Morgan fingerprint density at radius 3 is 2.00 bits per heavy atom. The lowest BCUT2D eigenvalue weighted by molar-refractivity contribution is 0.596. The molecule has 0 spiro atoms. The summed E-state index contributed by atoms with van der Waals surface area (Å²) in [6, 6.07) is 0. The highest BCUT2D eigenvalue weighted by Gasteiger charge is 2.21. The minimum absolute atomic E-state index is 0.139. The van der Waals surface area contributed by atoms with Gasteiger partial charge in [0.15, 0.2) is 0 Å². The zero-order valence-electron chi connectivity index (χ0n) is 6.48. The van der Waals surface area contributed by atoms with Crippen molar-refractivity contribution in [2.75, 3.05) is 0 Å². The first kappa shape index (κ1) is 12.3. The van der Waals surface area contributed by atoms with Crippen molar-refractivity contribution in [3.63, 3.8) is 0 Å². The molecule has 1 nitrogen and oxygen atoms in total. The van der Waals surface area contributed by atoms with Gasteiger partial charge in [0.2, 0.25) is 0 Å². The van der Waals surface area contributed by atoms with Crippen molar-refractivity contribution in [2.24, 2.45) is 0 Å². The molecule has 0 atom stereocenters. The number of allylic oxidation sites excluding steroid dienone is 4. The summed E-state index contributed by atoms with van der Waals surface area (Å²) in [5.74, 6) is -3.37. The summed E-state index contributed by atoms with van der Waals surface area (Å²) in [6.45, 7) is 8.63. The van der Waals surface area contributed by atoms with Crippen LogP contribution in [0.5, 0.6) is 0 Å². The number of hydrogen-bond donors (Lipinski definition) is 0. The smallest absolute Gasteiger partial charge is 0.283 e. The molecule has 0 saturated carbocycles. The largest absolute Gasteiger partial charge is 0.284 e. The van der Waals surface area contributed by atoms with Crippen LogP contribution in [0.4, 0.5) is 0 Å². The first-order valence-electron chi connectivity index (χ1n) is 2.98. The highest BCUT2D eigenvalue weighted by atomic mass is 35.9. The lowest BCUT2D eigenvalue weighted by Crippen LogP contribution is -1.79. The minimum Gasteiger partial charge on any atom is -0.284 e. The Morgan fingerprint density at radius 2 is 1.92 bits per heavy atom. The summed E-state index contributed by atoms with van der Waals surface area (Å²) in [5.41, 5.74) is 0.549. The average molecular weight is 245 g/mol. The Hall–Kier alpha value is 0.320. The van der Waals surface area contributed by atoms with Gasteiger partial charge in [0.1, 0.15) is 0 Å². The highest BCUT2D eigenvalue weighted by molar-refractivity contribution is 8.11. The molecule has 5 heteroatoms. The Morgan fingerprint density at radius 1 is 1.50 bits per heavy atom. The SMILES string of the molecule is C=C/C(=C(\Cl)C(=C)C)P(=O)(Cl)Cl. The maximum Gasteiger partial charge on any atom is 0.283 e. The molecule has 0 saturated heterocycles. The van der Waals surface area contributed by atoms with Crippen molar-refractivity contribution < 1.29 is 4.57 Å². The Labute approximate surface area is 86.6 Å². The van der Waals surface area contributed by atoms with Crippen LogP contribution in [0.2, 0.25) is 0 Å². The third-order valence-corrected chi connectivity index (χ3v) is 3.79. The van der Waals surface area contributed by atoms with Gasteiger partial charge in [-0.1, -0.05) is 30.8 Å². The summed E-state index contributed by atoms with van der Waals surface area (Å²) in [4.78, 5) is 0. The van der Waals surface area contributed by atoms with Gasteiger partial charge < -0.3 is 0 Å². The molecule has 0 aromatic rings. The summed E-state index contributed by atoms with van der Waals surface area (Å²) < 4.78 is 11.2. The first-order valence-corrected chi connectivity index (χ1v) is 6.88. The molecule has 0 fully saturated rings. The Bertz CT molecular complexity index is 287. The van der Waals surface area contributed by atoms with Crippen molar-refractivity contribution in [2.45, 2.75) is 6.92 Å². The van der Waals surface area contributed by atoms with E-state index in [9.17, 15) is 4.57 Å². The molecule has 0 N–H and O–H groups in total. The standard InChI is InChI=1S/C7H8Cl3OP/c1-4-6(12(9,10)11)7(8)5(2)3/h4H,1-2H2,3H3/b7-6+. The number of hydrogen-bond acceptors (Lipinski definition) is 1. The van der Waals surface area contributed by atoms with Gasteiger partial charge in [-0.15, -0.1) is 0 Å². The van der Waals surface area contributed by atoms with E-state index in [2.05, 4.69) is 13.2 Å². The van der Waals surface area contributed by atoms with Gasteiger partial charge in [-0.25, -0.2) is 0 Å². The molecule has 0 bridgehead atoms. The van der Waals surface area contributed by atoms with Crippen molar-refractivity contribution in [3.8, 4) is 0 Å². The van der Waals surface area contributed by atoms with Gasteiger partial charge in [-0.2, -0.15) is 0 Å². The quantitative estimate of drug-likeness (QED) is 0.512. The predicted molar refractivity (Wildman–Crippen MR) is 57.2 cm³/mol. The Balaban J connectivity index is 5.30. The van der Waals surface area contributed by atoms with Crippen molar-refractivity contribution in [1.82, 2.24) is 0 Å². The van der Waals surface area contributed by atoms with Crippen LogP contribution in [-0.4, -0.2) is 0 Å². The monoisotopic (exact) mass is 244 g/mol. The maximum atomic E-state index is 11.2. The lowest BCUT2D eigenvalue weighted by atomic mass is 10.3. The molecule has 0 amide bonds. The molecule has 0 aromatic carbocycles. The second kappa shape index (κ2) is 4.53. The fourth-order valence-corrected chi connectivity index (χ4v) is 2.78. The topological polar surface area (TPSA) is 17.1 Å². The maximum absolute atomic E-state index is 11.2. The van der Waals surface area contributed by atoms with E-state index in [1.165, 1.54) is 6.08 Å². The van der Waals surface area contributed by atoms with Crippen LogP contribution in [0.3, 0.4) is 0 Å². The molecule has 0 radical (unpaired) electrons. The zero-order valence-corrected chi connectivity index (χ0v) is 9.64. The summed E-state index contributed by atoms with van der Waals surface area (Å²) in [7, 11) is 0. The summed E-state index contributed by atoms with van der Waals surface area (Å²) >= 11 is 16.5. The summed E-state index contributed by atoms with van der Waals surface area (Å²) in [6.07, 6.45) is 1.28. The van der Waals surface area contributed by atoms with Crippen LogP contribution in [-0.2, 0) is 4.57 Å². The van der Waals surface area contributed by atoms with E-state index in [0.717, 1.165) is 0 Å². The fourth-order valence-electron chi connectivity index (χ4n) is 0.529. The van der Waals surface area contributed by atoms with Crippen LogP contribution in [0, 0.1) is 0 Å². The molecule has 12 heavy (non-hydrogen) atoms. The van der Waals surface area contributed by atoms with Crippen molar-refractivity contribution in [1.29, 1.82) is 0 Å². The third kappa shape index (κ3) is 3.37. The van der Waals surface area contributed by atoms with Gasteiger partial charge in [0.25, 0.3) is 5.85 Å². The lowest BCUT2D eigenvalue weighted by Gasteiger charge is -2.06. The molecular weight excluding hydrogens is 237 g/mol. The minimum atomic E-state index is -3.37. The predicted octanol–water partition coefficient (Wildman–Crippen LogP) is 4.87. The van der Waals surface area contributed by atoms with Crippen LogP contribution in [0.25, 0.3) is 0 Å². The zero-order chi connectivity index (χ0) is 9.94. The van der Waals surface area contributed by atoms with Crippen LogP contribution < -0.4 is 0 Å². The van der Waals surface area contributed by atoms with Crippen LogP contribution in [0.1, 0.15) is 6.92 Å². The summed E-state index contributed by atoms with van der Waals surface area (Å²) in [5, 5.41) is 0.346. The molecule has 0 aromatic heterocycles. The molecule has 68 valence electrons. The van der Waals surface area contributed by atoms with Crippen LogP contribution in [0.15, 0.2) is 35.2 Å². The molecule has 0 aliphatic rings. The number of halogens is 3. The first-order chi connectivity index (χ1) is 5.30. The number of rotatable bonds is 3. The Kier molecular flexibility index (Phi) is 4.65. The molecule has 0 rings (SSSR count). The van der Waals surface area contributed by atoms with Gasteiger partial charge in [-0.05, 0) is 35.0 Å². The van der Waals surface area contributed by atoms with Gasteiger partial charge in [0, 0.05) is 0 Å². The molecule has 0 aliphatic carbocycles. The van der Waals surface area contributed by atoms with E-state index in [1.54, 1.807) is 6.92 Å². The van der Waals surface area contributed by atoms with E-state index in [0.29, 0.717) is 5.57 Å². The van der Waals surface area contributed by atoms with Gasteiger partial charge in [0.05, 0.1) is 10.3 Å². The normalized spacial score (nSPS) is 13.7. The van der Waals surface area contributed by atoms with Gasteiger partial charge >= 0.3 is 0 Å². The van der Waals surface area contributed by atoms with E-state index < -0.39 is 5.85 Å². The van der Waals surface area contributed by atoms with E-state index >= 15 is 0 Å².